The minimum atomic E-state index is -1.07. The van der Waals surface area contributed by atoms with E-state index in [-0.39, 0.29) is 18.6 Å². The highest BCUT2D eigenvalue weighted by Gasteiger charge is 2.21. The van der Waals surface area contributed by atoms with Gasteiger partial charge in [0.2, 0.25) is 5.91 Å². The van der Waals surface area contributed by atoms with Gasteiger partial charge < -0.3 is 21.0 Å². The molecular weight excluding hydrogens is 272 g/mol. The summed E-state index contributed by atoms with van der Waals surface area (Å²) in [7, 11) is 0. The maximum atomic E-state index is 10.6. The number of carboxylic acid groups (broad SMARTS) is 1. The van der Waals surface area contributed by atoms with Gasteiger partial charge >= 0.3 is 5.97 Å². The van der Waals surface area contributed by atoms with E-state index in [1.54, 1.807) is 18.2 Å². The van der Waals surface area contributed by atoms with Crippen molar-refractivity contribution in [3.63, 3.8) is 0 Å². The molecule has 104 valence electrons. The number of carboxylic acids is 1. The second-order valence-electron chi connectivity index (χ2n) is 4.04. The minimum absolute atomic E-state index is 0.107. The highest BCUT2D eigenvalue weighted by atomic mass is 35.5. The SMILES string of the molecule is N=C(CCC(N)=O)C1=CC(Cl)C(OCC(=O)O)C=C1. The number of hydrogen-bond acceptors (Lipinski definition) is 4. The Labute approximate surface area is 115 Å². The number of aliphatic carboxylic acids is 1. The number of amides is 1. The van der Waals surface area contributed by atoms with Crippen LogP contribution in [0.4, 0.5) is 0 Å². The van der Waals surface area contributed by atoms with Crippen LogP contribution >= 0.6 is 11.6 Å². The molecule has 0 aromatic rings. The van der Waals surface area contributed by atoms with Crippen LogP contribution in [0, 0.1) is 5.41 Å². The number of carbonyl (C=O) groups is 2. The molecule has 0 radical (unpaired) electrons. The number of hydrogen-bond donors (Lipinski definition) is 3. The average molecular weight is 287 g/mol. The number of halogens is 1. The van der Waals surface area contributed by atoms with E-state index in [0.717, 1.165) is 0 Å². The summed E-state index contributed by atoms with van der Waals surface area (Å²) in [5, 5.41) is 15.7. The molecule has 0 heterocycles. The van der Waals surface area contributed by atoms with E-state index in [1.807, 2.05) is 0 Å². The third kappa shape index (κ3) is 5.23. The lowest BCUT2D eigenvalue weighted by atomic mass is 9.98. The molecule has 0 fully saturated rings. The highest BCUT2D eigenvalue weighted by Crippen LogP contribution is 2.20. The Kier molecular flexibility index (Phi) is 5.72. The molecule has 2 unspecified atom stereocenters. The van der Waals surface area contributed by atoms with Crippen LogP contribution in [0.25, 0.3) is 0 Å². The predicted molar refractivity (Wildman–Crippen MR) is 70.4 cm³/mol. The fraction of sp³-hybridized carbons (Fsp3) is 0.417. The Morgan fingerprint density at radius 3 is 2.68 bits per heavy atom. The first kappa shape index (κ1) is 15.4. The second kappa shape index (κ2) is 7.06. The number of ether oxygens (including phenoxy) is 1. The Hall–Kier alpha value is -1.66. The molecule has 1 amide bonds. The maximum absolute atomic E-state index is 10.6. The van der Waals surface area contributed by atoms with E-state index in [0.29, 0.717) is 5.57 Å². The van der Waals surface area contributed by atoms with Crippen LogP contribution in [-0.2, 0) is 14.3 Å². The summed E-state index contributed by atoms with van der Waals surface area (Å²) < 4.78 is 5.08. The molecule has 7 heteroatoms. The van der Waals surface area contributed by atoms with Crippen molar-refractivity contribution in [2.75, 3.05) is 6.61 Å². The van der Waals surface area contributed by atoms with Crippen molar-refractivity contribution in [3.8, 4) is 0 Å². The van der Waals surface area contributed by atoms with E-state index in [2.05, 4.69) is 0 Å². The summed E-state index contributed by atoms with van der Waals surface area (Å²) >= 11 is 6.03. The van der Waals surface area contributed by atoms with Crippen LogP contribution in [0.5, 0.6) is 0 Å². The van der Waals surface area contributed by atoms with Crippen molar-refractivity contribution in [1.82, 2.24) is 0 Å². The smallest absolute Gasteiger partial charge is 0.329 e. The molecule has 1 aliphatic carbocycles. The van der Waals surface area contributed by atoms with Gasteiger partial charge in [-0.2, -0.15) is 0 Å². The molecule has 0 saturated heterocycles. The van der Waals surface area contributed by atoms with Gasteiger partial charge in [-0.25, -0.2) is 4.79 Å². The number of primary amides is 1. The Bertz CT molecular complexity index is 445. The molecule has 1 rings (SSSR count). The molecule has 0 aliphatic heterocycles. The van der Waals surface area contributed by atoms with Crippen LogP contribution in [0.1, 0.15) is 12.8 Å². The molecule has 4 N–H and O–H groups in total. The van der Waals surface area contributed by atoms with Crippen molar-refractivity contribution in [2.24, 2.45) is 5.73 Å². The number of nitrogens with one attached hydrogen (secondary N) is 1. The van der Waals surface area contributed by atoms with E-state index in [9.17, 15) is 9.59 Å². The second-order valence-corrected chi connectivity index (χ2v) is 4.54. The van der Waals surface area contributed by atoms with Gasteiger partial charge in [-0.15, -0.1) is 11.6 Å². The van der Waals surface area contributed by atoms with Gasteiger partial charge in [-0.1, -0.05) is 18.2 Å². The summed E-state index contributed by atoms with van der Waals surface area (Å²) in [6.07, 6.45) is 4.66. The number of alkyl halides is 1. The van der Waals surface area contributed by atoms with Crippen molar-refractivity contribution in [1.29, 1.82) is 5.41 Å². The van der Waals surface area contributed by atoms with E-state index in [4.69, 9.17) is 32.6 Å². The highest BCUT2D eigenvalue weighted by molar-refractivity contribution is 6.23. The van der Waals surface area contributed by atoms with E-state index >= 15 is 0 Å². The molecular formula is C12H15ClN2O4. The van der Waals surface area contributed by atoms with Gasteiger partial charge in [0, 0.05) is 12.1 Å². The zero-order valence-electron chi connectivity index (χ0n) is 10.1. The van der Waals surface area contributed by atoms with Crippen molar-refractivity contribution in [3.05, 3.63) is 23.8 Å². The first-order valence-electron chi connectivity index (χ1n) is 5.63. The first-order chi connectivity index (χ1) is 8.90. The fourth-order valence-electron chi connectivity index (χ4n) is 1.54. The van der Waals surface area contributed by atoms with Crippen LogP contribution in [0.2, 0.25) is 0 Å². The summed E-state index contributed by atoms with van der Waals surface area (Å²) in [6.45, 7) is -0.430. The van der Waals surface area contributed by atoms with Gasteiger partial charge in [-0.05, 0) is 12.0 Å². The van der Waals surface area contributed by atoms with Crippen LogP contribution in [0.15, 0.2) is 23.8 Å². The molecule has 0 bridgehead atoms. The topological polar surface area (TPSA) is 113 Å². The van der Waals surface area contributed by atoms with Crippen molar-refractivity contribution < 1.29 is 19.4 Å². The quantitative estimate of drug-likeness (QED) is 0.475. The number of nitrogens with two attached hydrogens (primary N) is 1. The predicted octanol–water partition coefficient (Wildman–Crippen LogP) is 0.845. The van der Waals surface area contributed by atoms with Gasteiger partial charge in [0.25, 0.3) is 0 Å². The van der Waals surface area contributed by atoms with Crippen LogP contribution < -0.4 is 5.73 Å². The first-order valence-corrected chi connectivity index (χ1v) is 6.07. The molecule has 0 aromatic heterocycles. The zero-order valence-corrected chi connectivity index (χ0v) is 10.9. The molecule has 19 heavy (non-hydrogen) atoms. The number of allylic oxidation sites excluding steroid dienone is 2. The normalized spacial score (nSPS) is 21.8. The van der Waals surface area contributed by atoms with Gasteiger partial charge in [-0.3, -0.25) is 4.79 Å². The molecule has 0 aromatic carbocycles. The van der Waals surface area contributed by atoms with Crippen molar-refractivity contribution in [2.45, 2.75) is 24.3 Å². The monoisotopic (exact) mass is 286 g/mol. The Morgan fingerprint density at radius 2 is 2.16 bits per heavy atom. The van der Waals surface area contributed by atoms with Crippen LogP contribution in [-0.4, -0.2) is 40.8 Å². The molecule has 1 aliphatic rings. The molecule has 2 atom stereocenters. The van der Waals surface area contributed by atoms with Gasteiger partial charge in [0.05, 0.1) is 11.5 Å². The van der Waals surface area contributed by atoms with E-state index < -0.39 is 30.0 Å². The van der Waals surface area contributed by atoms with Gasteiger partial charge in [0.15, 0.2) is 0 Å². The fourth-order valence-corrected chi connectivity index (χ4v) is 1.83. The largest absolute Gasteiger partial charge is 0.480 e. The zero-order chi connectivity index (χ0) is 14.4. The molecule has 6 nitrogen and oxygen atoms in total. The summed E-state index contributed by atoms with van der Waals surface area (Å²) in [5.74, 6) is -1.53. The number of rotatable bonds is 7. The van der Waals surface area contributed by atoms with Gasteiger partial charge in [0.1, 0.15) is 6.61 Å². The lowest BCUT2D eigenvalue weighted by Crippen LogP contribution is -2.27. The lowest BCUT2D eigenvalue weighted by Gasteiger charge is -2.21. The average Bonchev–Trinajstić information content (AvgIpc) is 2.34. The Morgan fingerprint density at radius 1 is 1.47 bits per heavy atom. The summed E-state index contributed by atoms with van der Waals surface area (Å²) in [4.78, 5) is 21.0. The molecule has 0 saturated carbocycles. The standard InChI is InChI=1S/C12H15ClN2O4/c13-8-5-7(9(14)2-4-11(15)16)1-3-10(8)19-6-12(17)18/h1,3,5,8,10,14H,2,4,6H2,(H2,15,16)(H,17,18). The van der Waals surface area contributed by atoms with Crippen molar-refractivity contribution >= 4 is 29.2 Å². The number of carbonyl (C=O) groups excluding carboxylic acids is 1. The maximum Gasteiger partial charge on any atom is 0.329 e. The third-order valence-corrected chi connectivity index (χ3v) is 2.86. The third-order valence-electron chi connectivity index (χ3n) is 2.49. The Balaban J connectivity index is 2.54. The molecule has 0 spiro atoms. The van der Waals surface area contributed by atoms with Crippen LogP contribution in [0.3, 0.4) is 0 Å². The minimum Gasteiger partial charge on any atom is -0.480 e. The lowest BCUT2D eigenvalue weighted by molar-refractivity contribution is -0.143. The van der Waals surface area contributed by atoms with E-state index in [1.165, 1.54) is 0 Å². The summed E-state index contributed by atoms with van der Waals surface area (Å²) in [5.41, 5.74) is 5.87. The summed E-state index contributed by atoms with van der Waals surface area (Å²) in [6, 6.07) is 0.